The zero-order valence-electron chi connectivity index (χ0n) is 13.4. The van der Waals surface area contributed by atoms with Crippen LogP contribution in [0.1, 0.15) is 18.6 Å². The molecule has 130 valence electrons. The van der Waals surface area contributed by atoms with E-state index in [2.05, 4.69) is 30.2 Å². The molecule has 3 aromatic heterocycles. The van der Waals surface area contributed by atoms with Crippen molar-refractivity contribution in [1.29, 1.82) is 0 Å². The molecule has 1 aliphatic rings. The predicted molar refractivity (Wildman–Crippen MR) is 92.2 cm³/mol. The van der Waals surface area contributed by atoms with Crippen LogP contribution in [-0.4, -0.2) is 38.9 Å². The van der Waals surface area contributed by atoms with Crippen LogP contribution in [-0.2, 0) is 11.3 Å². The smallest absolute Gasteiger partial charge is 0.226 e. The number of anilines is 1. The van der Waals surface area contributed by atoms with Crippen LogP contribution in [0.3, 0.4) is 0 Å². The molecule has 25 heavy (non-hydrogen) atoms. The minimum absolute atomic E-state index is 0.0158. The number of furan rings is 1. The number of rotatable bonds is 4. The second kappa shape index (κ2) is 6.72. The molecule has 0 radical (unpaired) electrons. The molecule has 1 fully saturated rings. The summed E-state index contributed by atoms with van der Waals surface area (Å²) < 4.78 is 5.25. The molecule has 9 heteroatoms. The molecule has 0 saturated carbocycles. The SMILES string of the molecule is O=C(NCc1ccco1)[C@H]1CCCN(c2nc(Cl)nc3nc[nH]c23)C1. The first kappa shape index (κ1) is 15.9. The van der Waals surface area contributed by atoms with Gasteiger partial charge in [0.05, 0.1) is 25.1 Å². The Morgan fingerprint density at radius 3 is 3.24 bits per heavy atom. The van der Waals surface area contributed by atoms with Crippen LogP contribution >= 0.6 is 11.6 Å². The molecule has 4 heterocycles. The van der Waals surface area contributed by atoms with Gasteiger partial charge in [-0.2, -0.15) is 9.97 Å². The first-order chi connectivity index (χ1) is 12.2. The highest BCUT2D eigenvalue weighted by Crippen LogP contribution is 2.27. The number of aromatic nitrogens is 4. The summed E-state index contributed by atoms with van der Waals surface area (Å²) in [6, 6.07) is 3.64. The molecule has 0 bridgehead atoms. The van der Waals surface area contributed by atoms with Crippen molar-refractivity contribution in [3.63, 3.8) is 0 Å². The van der Waals surface area contributed by atoms with E-state index in [9.17, 15) is 4.79 Å². The van der Waals surface area contributed by atoms with Crippen LogP contribution in [0.4, 0.5) is 5.82 Å². The van der Waals surface area contributed by atoms with Crippen molar-refractivity contribution in [2.45, 2.75) is 19.4 Å². The summed E-state index contributed by atoms with van der Waals surface area (Å²) in [6.07, 6.45) is 4.90. The Morgan fingerprint density at radius 2 is 2.40 bits per heavy atom. The van der Waals surface area contributed by atoms with Gasteiger partial charge >= 0.3 is 0 Å². The van der Waals surface area contributed by atoms with Gasteiger partial charge in [0.2, 0.25) is 11.2 Å². The topological polar surface area (TPSA) is 99.9 Å². The van der Waals surface area contributed by atoms with Crippen LogP contribution < -0.4 is 10.2 Å². The zero-order chi connectivity index (χ0) is 17.2. The number of nitrogens with zero attached hydrogens (tertiary/aromatic N) is 4. The van der Waals surface area contributed by atoms with E-state index in [0.29, 0.717) is 24.6 Å². The average Bonchev–Trinajstić information content (AvgIpc) is 3.30. The highest BCUT2D eigenvalue weighted by Gasteiger charge is 2.28. The summed E-state index contributed by atoms with van der Waals surface area (Å²) >= 11 is 6.01. The standard InChI is InChI=1S/C16H17ClN6O2/c17-16-21-13-12(19-9-20-13)14(22-16)23-5-1-3-10(8-23)15(24)18-7-11-4-2-6-25-11/h2,4,6,9-10H,1,3,5,7-8H2,(H,18,24)(H,19,20,21,22)/t10-/m0/s1. The molecule has 1 saturated heterocycles. The summed E-state index contributed by atoms with van der Waals surface area (Å²) in [5.41, 5.74) is 1.26. The first-order valence-electron chi connectivity index (χ1n) is 8.12. The Balaban J connectivity index is 1.48. The second-order valence-electron chi connectivity index (χ2n) is 6.00. The van der Waals surface area contributed by atoms with Gasteiger partial charge in [-0.3, -0.25) is 4.79 Å². The van der Waals surface area contributed by atoms with Crippen molar-refractivity contribution in [1.82, 2.24) is 25.3 Å². The van der Waals surface area contributed by atoms with Crippen LogP contribution in [0.25, 0.3) is 11.2 Å². The largest absolute Gasteiger partial charge is 0.467 e. The van der Waals surface area contributed by atoms with E-state index in [1.807, 2.05) is 6.07 Å². The number of amides is 1. The van der Waals surface area contributed by atoms with Gasteiger partial charge in [-0.15, -0.1) is 0 Å². The third kappa shape index (κ3) is 3.30. The number of aromatic amines is 1. The minimum atomic E-state index is -0.115. The second-order valence-corrected chi connectivity index (χ2v) is 6.34. The fourth-order valence-corrected chi connectivity index (χ4v) is 3.30. The quantitative estimate of drug-likeness (QED) is 0.691. The molecular formula is C16H17ClN6O2. The predicted octanol–water partition coefficient (Wildman–Crippen LogP) is 2.13. The van der Waals surface area contributed by atoms with Crippen LogP contribution in [0, 0.1) is 5.92 Å². The third-order valence-corrected chi connectivity index (χ3v) is 4.52. The minimum Gasteiger partial charge on any atom is -0.467 e. The molecule has 1 amide bonds. The monoisotopic (exact) mass is 360 g/mol. The number of carbonyl (C=O) groups is 1. The van der Waals surface area contributed by atoms with Crippen molar-refractivity contribution >= 4 is 34.5 Å². The first-order valence-corrected chi connectivity index (χ1v) is 8.50. The molecule has 8 nitrogen and oxygen atoms in total. The third-order valence-electron chi connectivity index (χ3n) is 4.35. The lowest BCUT2D eigenvalue weighted by atomic mass is 9.97. The number of fused-ring (bicyclic) bond motifs is 1. The summed E-state index contributed by atoms with van der Waals surface area (Å²) in [6.45, 7) is 1.78. The Bertz CT molecular complexity index is 878. The van der Waals surface area contributed by atoms with Gasteiger partial charge in [0.25, 0.3) is 0 Å². The van der Waals surface area contributed by atoms with Gasteiger partial charge in [0.1, 0.15) is 11.3 Å². The number of nitrogens with one attached hydrogen (secondary N) is 2. The summed E-state index contributed by atoms with van der Waals surface area (Å²) in [4.78, 5) is 30.2. The molecule has 4 rings (SSSR count). The summed E-state index contributed by atoms with van der Waals surface area (Å²) in [5.74, 6) is 1.33. The molecule has 2 N–H and O–H groups in total. The van der Waals surface area contributed by atoms with Crippen molar-refractivity contribution in [3.05, 3.63) is 35.8 Å². The Labute approximate surface area is 148 Å². The Kier molecular flexibility index (Phi) is 4.27. The molecule has 3 aromatic rings. The van der Waals surface area contributed by atoms with E-state index in [1.54, 1.807) is 18.7 Å². The number of H-pyrrole nitrogens is 1. The number of halogens is 1. The van der Waals surface area contributed by atoms with Crippen molar-refractivity contribution in [2.75, 3.05) is 18.0 Å². The molecular weight excluding hydrogens is 344 g/mol. The maximum atomic E-state index is 12.5. The van der Waals surface area contributed by atoms with E-state index < -0.39 is 0 Å². The van der Waals surface area contributed by atoms with E-state index in [-0.39, 0.29) is 17.1 Å². The lowest BCUT2D eigenvalue weighted by Crippen LogP contribution is -2.43. The normalized spacial score (nSPS) is 17.8. The van der Waals surface area contributed by atoms with Crippen LogP contribution in [0.15, 0.2) is 29.1 Å². The van der Waals surface area contributed by atoms with E-state index >= 15 is 0 Å². The van der Waals surface area contributed by atoms with Crippen molar-refractivity contribution in [2.24, 2.45) is 5.92 Å². The lowest BCUT2D eigenvalue weighted by Gasteiger charge is -2.32. The lowest BCUT2D eigenvalue weighted by molar-refractivity contribution is -0.125. The fraction of sp³-hybridized carbons (Fsp3) is 0.375. The number of imidazole rings is 1. The molecule has 1 atom stereocenters. The molecule has 0 spiro atoms. The molecule has 0 aliphatic carbocycles. The van der Waals surface area contributed by atoms with E-state index in [0.717, 1.165) is 30.7 Å². The van der Waals surface area contributed by atoms with Crippen LogP contribution in [0.5, 0.6) is 0 Å². The maximum absolute atomic E-state index is 12.5. The average molecular weight is 361 g/mol. The molecule has 0 aromatic carbocycles. The number of carbonyl (C=O) groups excluding carboxylic acids is 1. The maximum Gasteiger partial charge on any atom is 0.226 e. The van der Waals surface area contributed by atoms with Gasteiger partial charge in [0, 0.05) is 13.1 Å². The highest BCUT2D eigenvalue weighted by molar-refractivity contribution is 6.28. The van der Waals surface area contributed by atoms with Gasteiger partial charge in [-0.05, 0) is 36.6 Å². The van der Waals surface area contributed by atoms with Gasteiger partial charge in [-0.25, -0.2) is 4.98 Å². The van der Waals surface area contributed by atoms with E-state index in [1.165, 1.54) is 0 Å². The van der Waals surface area contributed by atoms with Crippen molar-refractivity contribution < 1.29 is 9.21 Å². The zero-order valence-corrected chi connectivity index (χ0v) is 14.2. The van der Waals surface area contributed by atoms with Crippen molar-refractivity contribution in [3.8, 4) is 0 Å². The van der Waals surface area contributed by atoms with Gasteiger partial charge < -0.3 is 19.6 Å². The summed E-state index contributed by atoms with van der Waals surface area (Å²) in [7, 11) is 0. The van der Waals surface area contributed by atoms with Crippen LogP contribution in [0.2, 0.25) is 5.28 Å². The Morgan fingerprint density at radius 1 is 1.48 bits per heavy atom. The van der Waals surface area contributed by atoms with Gasteiger partial charge in [0.15, 0.2) is 11.5 Å². The number of piperidine rings is 1. The fourth-order valence-electron chi connectivity index (χ4n) is 3.14. The number of hydrogen-bond donors (Lipinski definition) is 2. The highest BCUT2D eigenvalue weighted by atomic mass is 35.5. The Hall–Kier alpha value is -2.61. The number of hydrogen-bond acceptors (Lipinski definition) is 6. The summed E-state index contributed by atoms with van der Waals surface area (Å²) in [5, 5.41) is 3.08. The van der Waals surface area contributed by atoms with E-state index in [4.69, 9.17) is 16.0 Å². The van der Waals surface area contributed by atoms with Gasteiger partial charge in [-0.1, -0.05) is 0 Å². The molecule has 1 aliphatic heterocycles. The molecule has 0 unspecified atom stereocenters.